The number of likely N-dealkylation sites (tertiary alicyclic amines) is 1. The molecule has 0 bridgehead atoms. The van der Waals surface area contributed by atoms with Gasteiger partial charge in [-0.15, -0.1) is 11.8 Å². The molecule has 3 heterocycles. The van der Waals surface area contributed by atoms with E-state index in [1.807, 2.05) is 78.0 Å². The van der Waals surface area contributed by atoms with Crippen molar-refractivity contribution in [2.24, 2.45) is 0 Å². The minimum Gasteiger partial charge on any atom is -0.341 e. The van der Waals surface area contributed by atoms with Crippen LogP contribution in [-0.2, 0) is 9.59 Å². The molecule has 204 valence electrons. The van der Waals surface area contributed by atoms with Crippen LogP contribution >= 0.6 is 11.8 Å². The SMILES string of the molecule is Cc1cccc(-n2nc(-c3ccccc3)c3c2N(CC(=O)N2CCCC2)C(=O)CSC3c2cccc(F)c2)c1C. The Labute approximate surface area is 237 Å². The summed E-state index contributed by atoms with van der Waals surface area (Å²) in [5, 5.41) is 4.79. The van der Waals surface area contributed by atoms with E-state index in [0.29, 0.717) is 24.6 Å². The highest BCUT2D eigenvalue weighted by atomic mass is 32.2. The quantitative estimate of drug-likeness (QED) is 0.300. The lowest BCUT2D eigenvalue weighted by molar-refractivity contribution is -0.130. The molecule has 2 aliphatic rings. The first kappa shape index (κ1) is 26.3. The highest BCUT2D eigenvalue weighted by Crippen LogP contribution is 2.48. The Morgan fingerprint density at radius 1 is 1.00 bits per heavy atom. The van der Waals surface area contributed by atoms with E-state index in [1.54, 1.807) is 11.0 Å². The summed E-state index contributed by atoms with van der Waals surface area (Å²) in [6, 6.07) is 22.4. The van der Waals surface area contributed by atoms with Gasteiger partial charge in [0.1, 0.15) is 18.2 Å². The molecule has 0 spiro atoms. The Balaban J connectivity index is 1.63. The van der Waals surface area contributed by atoms with Crippen LogP contribution < -0.4 is 4.90 Å². The first-order valence-electron chi connectivity index (χ1n) is 13.6. The molecule has 2 aliphatic heterocycles. The van der Waals surface area contributed by atoms with Crippen LogP contribution in [0.2, 0.25) is 0 Å². The van der Waals surface area contributed by atoms with Gasteiger partial charge in [0, 0.05) is 24.2 Å². The smallest absolute Gasteiger partial charge is 0.242 e. The van der Waals surface area contributed by atoms with Gasteiger partial charge in [-0.1, -0.05) is 54.6 Å². The summed E-state index contributed by atoms with van der Waals surface area (Å²) in [4.78, 5) is 30.8. The molecule has 1 saturated heterocycles. The van der Waals surface area contributed by atoms with Crippen LogP contribution in [0.1, 0.15) is 40.3 Å². The fraction of sp³-hybridized carbons (Fsp3) is 0.281. The molecular weight excluding hydrogens is 523 g/mol. The second kappa shape index (κ2) is 10.9. The molecule has 0 radical (unpaired) electrons. The minimum absolute atomic E-state index is 0.0624. The van der Waals surface area contributed by atoms with Crippen molar-refractivity contribution in [2.75, 3.05) is 30.3 Å². The molecular formula is C32H31FN4O2S. The van der Waals surface area contributed by atoms with Crippen molar-refractivity contribution in [3.8, 4) is 16.9 Å². The van der Waals surface area contributed by atoms with Gasteiger partial charge in [-0.3, -0.25) is 14.5 Å². The molecule has 4 aromatic rings. The van der Waals surface area contributed by atoms with Gasteiger partial charge in [-0.25, -0.2) is 9.07 Å². The molecule has 0 aliphatic carbocycles. The van der Waals surface area contributed by atoms with Gasteiger partial charge < -0.3 is 4.90 Å². The van der Waals surface area contributed by atoms with Gasteiger partial charge in [0.2, 0.25) is 11.8 Å². The maximum Gasteiger partial charge on any atom is 0.242 e. The summed E-state index contributed by atoms with van der Waals surface area (Å²) >= 11 is 1.45. The molecule has 3 aromatic carbocycles. The van der Waals surface area contributed by atoms with E-state index in [9.17, 15) is 14.0 Å². The third kappa shape index (κ3) is 4.81. The maximum atomic E-state index is 14.5. The zero-order valence-corrected chi connectivity index (χ0v) is 23.5. The van der Waals surface area contributed by atoms with Gasteiger partial charge in [0.15, 0.2) is 0 Å². The Morgan fingerprint density at radius 2 is 1.75 bits per heavy atom. The standard InChI is InChI=1S/C32H31FN4O2S/c1-21-10-8-15-26(22(21)2)37-32-29(30(34-37)23-11-4-3-5-12-23)31(24-13-9-14-25(33)18-24)40-20-28(39)36(32)19-27(38)35-16-6-7-17-35/h3-5,8-15,18,31H,6-7,16-17,19-20H2,1-2H3. The summed E-state index contributed by atoms with van der Waals surface area (Å²) in [5.41, 5.74) is 6.14. The third-order valence-electron chi connectivity index (χ3n) is 7.84. The van der Waals surface area contributed by atoms with Crippen molar-refractivity contribution in [3.05, 3.63) is 101 Å². The van der Waals surface area contributed by atoms with Crippen molar-refractivity contribution in [3.63, 3.8) is 0 Å². The maximum absolute atomic E-state index is 14.5. The van der Waals surface area contributed by atoms with E-state index < -0.39 is 0 Å². The van der Waals surface area contributed by atoms with Crippen LogP contribution in [-0.4, -0.2) is 51.9 Å². The Hall–Kier alpha value is -3.91. The van der Waals surface area contributed by atoms with Crippen molar-refractivity contribution in [1.29, 1.82) is 0 Å². The Kier molecular flexibility index (Phi) is 7.19. The van der Waals surface area contributed by atoms with Crippen molar-refractivity contribution >= 4 is 29.4 Å². The van der Waals surface area contributed by atoms with E-state index >= 15 is 0 Å². The molecule has 0 N–H and O–H groups in total. The van der Waals surface area contributed by atoms with Crippen LogP contribution in [0.4, 0.5) is 10.2 Å². The largest absolute Gasteiger partial charge is 0.341 e. The lowest BCUT2D eigenvalue weighted by atomic mass is 9.99. The van der Waals surface area contributed by atoms with Crippen molar-refractivity contribution in [1.82, 2.24) is 14.7 Å². The van der Waals surface area contributed by atoms with Crippen LogP contribution in [0.25, 0.3) is 16.9 Å². The highest BCUT2D eigenvalue weighted by molar-refractivity contribution is 8.00. The lowest BCUT2D eigenvalue weighted by Gasteiger charge is -2.26. The fourth-order valence-corrected chi connectivity index (χ4v) is 6.78. The molecule has 6 nitrogen and oxygen atoms in total. The molecule has 40 heavy (non-hydrogen) atoms. The molecule has 1 unspecified atom stereocenters. The number of hydrogen-bond donors (Lipinski definition) is 0. The van der Waals surface area contributed by atoms with Gasteiger partial charge >= 0.3 is 0 Å². The van der Waals surface area contributed by atoms with Gasteiger partial charge in [0.25, 0.3) is 0 Å². The second-order valence-corrected chi connectivity index (χ2v) is 11.5. The van der Waals surface area contributed by atoms with Crippen LogP contribution in [0.3, 0.4) is 0 Å². The zero-order chi connectivity index (χ0) is 27.8. The number of nitrogens with zero attached hydrogens (tertiary/aromatic N) is 4. The van der Waals surface area contributed by atoms with Crippen LogP contribution in [0.5, 0.6) is 0 Å². The van der Waals surface area contributed by atoms with Crippen molar-refractivity contribution in [2.45, 2.75) is 31.9 Å². The topological polar surface area (TPSA) is 58.4 Å². The number of fused-ring (bicyclic) bond motifs is 1. The summed E-state index contributed by atoms with van der Waals surface area (Å²) in [5.74, 6) is 0.165. The van der Waals surface area contributed by atoms with Gasteiger partial charge in [0.05, 0.1) is 22.4 Å². The van der Waals surface area contributed by atoms with E-state index in [2.05, 4.69) is 0 Å². The zero-order valence-electron chi connectivity index (χ0n) is 22.6. The fourth-order valence-electron chi connectivity index (χ4n) is 5.60. The molecule has 2 amide bonds. The number of aryl methyl sites for hydroxylation is 1. The number of thioether (sulfide) groups is 1. The normalized spacial score (nSPS) is 17.2. The summed E-state index contributed by atoms with van der Waals surface area (Å²) in [7, 11) is 0. The minimum atomic E-state index is -0.365. The number of benzene rings is 3. The van der Waals surface area contributed by atoms with Crippen LogP contribution in [0, 0.1) is 19.7 Å². The molecule has 1 fully saturated rings. The lowest BCUT2D eigenvalue weighted by Crippen LogP contribution is -2.43. The Morgan fingerprint density at radius 3 is 2.50 bits per heavy atom. The predicted molar refractivity (Wildman–Crippen MR) is 157 cm³/mol. The number of carbonyl (C=O) groups excluding carboxylic acids is 2. The molecule has 1 atom stereocenters. The number of carbonyl (C=O) groups is 2. The molecule has 6 rings (SSSR count). The van der Waals surface area contributed by atoms with E-state index in [-0.39, 0.29) is 35.2 Å². The number of anilines is 1. The first-order valence-corrected chi connectivity index (χ1v) is 14.7. The molecule has 0 saturated carbocycles. The van der Waals surface area contributed by atoms with Gasteiger partial charge in [-0.2, -0.15) is 5.10 Å². The number of aromatic nitrogens is 2. The summed E-state index contributed by atoms with van der Waals surface area (Å²) in [6.45, 7) is 5.44. The third-order valence-corrected chi connectivity index (χ3v) is 9.10. The second-order valence-electron chi connectivity index (χ2n) is 10.4. The predicted octanol–water partition coefficient (Wildman–Crippen LogP) is 6.09. The average molecular weight is 555 g/mol. The number of halogens is 1. The van der Waals surface area contributed by atoms with E-state index in [1.165, 1.54) is 23.9 Å². The van der Waals surface area contributed by atoms with E-state index in [4.69, 9.17) is 5.10 Å². The summed E-state index contributed by atoms with van der Waals surface area (Å²) in [6.07, 6.45) is 1.95. The summed E-state index contributed by atoms with van der Waals surface area (Å²) < 4.78 is 16.4. The van der Waals surface area contributed by atoms with Crippen LogP contribution in [0.15, 0.2) is 72.8 Å². The average Bonchev–Trinajstić information content (AvgIpc) is 3.60. The molecule has 8 heteroatoms. The number of amides is 2. The molecule has 1 aromatic heterocycles. The number of rotatable bonds is 5. The van der Waals surface area contributed by atoms with E-state index in [0.717, 1.165) is 46.3 Å². The number of hydrogen-bond acceptors (Lipinski definition) is 4. The highest BCUT2D eigenvalue weighted by Gasteiger charge is 2.38. The first-order chi connectivity index (χ1) is 19.4. The monoisotopic (exact) mass is 554 g/mol. The van der Waals surface area contributed by atoms with Gasteiger partial charge in [-0.05, 0) is 61.6 Å². The van der Waals surface area contributed by atoms with Crippen molar-refractivity contribution < 1.29 is 14.0 Å². The Bertz CT molecular complexity index is 1580.